The summed E-state index contributed by atoms with van der Waals surface area (Å²) in [6.07, 6.45) is 0. The van der Waals surface area contributed by atoms with Gasteiger partial charge in [0, 0.05) is 11.1 Å². The van der Waals surface area contributed by atoms with Gasteiger partial charge >= 0.3 is 0 Å². The molecule has 4 rings (SSSR count). The van der Waals surface area contributed by atoms with E-state index in [0.29, 0.717) is 11.1 Å². The summed E-state index contributed by atoms with van der Waals surface area (Å²) in [7, 11) is -3.64. The van der Waals surface area contributed by atoms with Crippen molar-refractivity contribution in [3.63, 3.8) is 0 Å². The first-order chi connectivity index (χ1) is 11.5. The Hall–Kier alpha value is -2.72. The van der Waals surface area contributed by atoms with Crippen molar-refractivity contribution in [2.45, 2.75) is 16.7 Å². The Labute approximate surface area is 140 Å². The number of aryl methyl sites for hydroxylation is 1. The lowest BCUT2D eigenvalue weighted by Crippen LogP contribution is -2.04. The number of fused-ring (bicyclic) bond motifs is 3. The van der Waals surface area contributed by atoms with Gasteiger partial charge in [0.2, 0.25) is 9.84 Å². The molecule has 0 saturated carbocycles. The van der Waals surface area contributed by atoms with Crippen LogP contribution in [0.5, 0.6) is 0 Å². The van der Waals surface area contributed by atoms with Crippen LogP contribution in [0.25, 0.3) is 11.1 Å². The monoisotopic (exact) mass is 334 g/mol. The molecule has 0 saturated heterocycles. The number of sulfone groups is 1. The Kier molecular flexibility index (Phi) is 3.18. The van der Waals surface area contributed by atoms with Crippen LogP contribution in [-0.2, 0) is 9.84 Å². The van der Waals surface area contributed by atoms with Gasteiger partial charge in [-0.3, -0.25) is 4.79 Å². The van der Waals surface area contributed by atoms with Crippen LogP contribution in [0.1, 0.15) is 21.5 Å². The molecule has 0 heterocycles. The average Bonchev–Trinajstić information content (AvgIpc) is 2.88. The molecular formula is C20H14O3S. The van der Waals surface area contributed by atoms with Crippen LogP contribution in [0.2, 0.25) is 0 Å². The molecule has 4 heteroatoms. The van der Waals surface area contributed by atoms with E-state index in [4.69, 9.17) is 0 Å². The van der Waals surface area contributed by atoms with Crippen molar-refractivity contribution in [3.05, 3.63) is 83.4 Å². The van der Waals surface area contributed by atoms with Crippen LogP contribution in [0.3, 0.4) is 0 Å². The second-order valence-corrected chi connectivity index (χ2v) is 7.85. The molecule has 0 radical (unpaired) electrons. The molecule has 0 N–H and O–H groups in total. The standard InChI is InChI=1S/C20H14O3S/c1-13-6-8-14(9-7-13)24(22,23)15-10-11-17-16-4-2-3-5-18(16)20(21)19(17)12-15/h2-12H,1H3. The molecule has 24 heavy (non-hydrogen) atoms. The van der Waals surface area contributed by atoms with Gasteiger partial charge in [-0.05, 0) is 42.3 Å². The predicted molar refractivity (Wildman–Crippen MR) is 91.9 cm³/mol. The topological polar surface area (TPSA) is 51.2 Å². The van der Waals surface area contributed by atoms with E-state index in [-0.39, 0.29) is 15.6 Å². The summed E-state index contributed by atoms with van der Waals surface area (Å²) < 4.78 is 25.6. The summed E-state index contributed by atoms with van der Waals surface area (Å²) >= 11 is 0. The summed E-state index contributed by atoms with van der Waals surface area (Å²) in [5, 5.41) is 0. The van der Waals surface area contributed by atoms with Crippen LogP contribution in [0, 0.1) is 6.92 Å². The number of carbonyl (C=O) groups is 1. The Bertz CT molecular complexity index is 1080. The summed E-state index contributed by atoms with van der Waals surface area (Å²) in [4.78, 5) is 12.9. The van der Waals surface area contributed by atoms with Gasteiger partial charge in [-0.2, -0.15) is 0 Å². The van der Waals surface area contributed by atoms with Crippen molar-refractivity contribution in [3.8, 4) is 11.1 Å². The molecule has 0 fully saturated rings. The minimum absolute atomic E-state index is 0.124. The van der Waals surface area contributed by atoms with Crippen LogP contribution in [0.15, 0.2) is 76.5 Å². The third-order valence-corrected chi connectivity index (χ3v) is 6.11. The van der Waals surface area contributed by atoms with Crippen molar-refractivity contribution in [1.82, 2.24) is 0 Å². The van der Waals surface area contributed by atoms with E-state index >= 15 is 0 Å². The predicted octanol–water partition coefficient (Wildman–Crippen LogP) is 4.04. The highest BCUT2D eigenvalue weighted by molar-refractivity contribution is 7.91. The Morgan fingerprint density at radius 2 is 1.25 bits per heavy atom. The smallest absolute Gasteiger partial charge is 0.206 e. The van der Waals surface area contributed by atoms with Crippen LogP contribution >= 0.6 is 0 Å². The maximum absolute atomic E-state index is 12.8. The summed E-state index contributed by atoms with van der Waals surface area (Å²) in [5.41, 5.74) is 3.71. The number of rotatable bonds is 2. The quantitative estimate of drug-likeness (QED) is 0.556. The molecule has 3 aromatic rings. The van der Waals surface area contributed by atoms with Crippen LogP contribution < -0.4 is 0 Å². The van der Waals surface area contributed by atoms with E-state index in [0.717, 1.165) is 16.7 Å². The number of ketones is 1. The highest BCUT2D eigenvalue weighted by Gasteiger charge is 2.28. The summed E-state index contributed by atoms with van der Waals surface area (Å²) in [6, 6.07) is 18.8. The second-order valence-electron chi connectivity index (χ2n) is 5.90. The third kappa shape index (κ3) is 2.11. The molecule has 0 aromatic heterocycles. The van der Waals surface area contributed by atoms with Crippen molar-refractivity contribution >= 4 is 15.6 Å². The molecule has 0 bridgehead atoms. The van der Waals surface area contributed by atoms with Gasteiger partial charge < -0.3 is 0 Å². The maximum atomic E-state index is 12.8. The second kappa shape index (κ2) is 5.14. The minimum Gasteiger partial charge on any atom is -0.289 e. The molecule has 1 aliphatic rings. The molecule has 3 nitrogen and oxygen atoms in total. The Morgan fingerprint density at radius 1 is 0.667 bits per heavy atom. The fourth-order valence-corrected chi connectivity index (χ4v) is 4.31. The van der Waals surface area contributed by atoms with E-state index < -0.39 is 9.84 Å². The van der Waals surface area contributed by atoms with Gasteiger partial charge in [0.25, 0.3) is 0 Å². The van der Waals surface area contributed by atoms with Crippen molar-refractivity contribution in [2.75, 3.05) is 0 Å². The van der Waals surface area contributed by atoms with Gasteiger partial charge in [0.05, 0.1) is 9.79 Å². The highest BCUT2D eigenvalue weighted by Crippen LogP contribution is 2.38. The first kappa shape index (κ1) is 14.8. The molecule has 1 aliphatic carbocycles. The zero-order chi connectivity index (χ0) is 16.9. The normalized spacial score (nSPS) is 12.8. The van der Waals surface area contributed by atoms with E-state index in [2.05, 4.69) is 0 Å². The fraction of sp³-hybridized carbons (Fsp3) is 0.0500. The number of hydrogen-bond acceptors (Lipinski definition) is 3. The van der Waals surface area contributed by atoms with Crippen LogP contribution in [-0.4, -0.2) is 14.2 Å². The van der Waals surface area contributed by atoms with E-state index in [1.54, 1.807) is 42.5 Å². The zero-order valence-electron chi connectivity index (χ0n) is 13.0. The SMILES string of the molecule is Cc1ccc(S(=O)(=O)c2ccc3c(c2)C(=O)c2ccccc2-3)cc1. The molecule has 118 valence electrons. The minimum atomic E-state index is -3.64. The Balaban J connectivity index is 1.86. The van der Waals surface area contributed by atoms with E-state index in [9.17, 15) is 13.2 Å². The van der Waals surface area contributed by atoms with Crippen molar-refractivity contribution in [1.29, 1.82) is 0 Å². The molecular weight excluding hydrogens is 320 g/mol. The van der Waals surface area contributed by atoms with Gasteiger partial charge in [-0.25, -0.2) is 8.42 Å². The summed E-state index contributed by atoms with van der Waals surface area (Å²) in [5.74, 6) is -0.124. The molecule has 3 aromatic carbocycles. The van der Waals surface area contributed by atoms with Crippen LogP contribution in [0.4, 0.5) is 0 Å². The highest BCUT2D eigenvalue weighted by atomic mass is 32.2. The van der Waals surface area contributed by atoms with Gasteiger partial charge in [-0.15, -0.1) is 0 Å². The molecule has 0 amide bonds. The number of carbonyl (C=O) groups excluding carboxylic acids is 1. The van der Waals surface area contributed by atoms with Gasteiger partial charge in [0.15, 0.2) is 5.78 Å². The van der Waals surface area contributed by atoms with Gasteiger partial charge in [0.1, 0.15) is 0 Å². The summed E-state index contributed by atoms with van der Waals surface area (Å²) in [6.45, 7) is 1.90. The number of benzene rings is 3. The zero-order valence-corrected chi connectivity index (χ0v) is 13.8. The lowest BCUT2D eigenvalue weighted by atomic mass is 10.1. The van der Waals surface area contributed by atoms with E-state index in [1.807, 2.05) is 25.1 Å². The molecule has 0 unspecified atom stereocenters. The fourth-order valence-electron chi connectivity index (χ4n) is 3.03. The molecule has 0 spiro atoms. The van der Waals surface area contributed by atoms with Crippen molar-refractivity contribution in [2.24, 2.45) is 0 Å². The first-order valence-corrected chi connectivity index (χ1v) is 9.07. The first-order valence-electron chi connectivity index (χ1n) is 7.58. The lowest BCUT2D eigenvalue weighted by molar-refractivity contribution is 0.104. The van der Waals surface area contributed by atoms with Crippen molar-refractivity contribution < 1.29 is 13.2 Å². The third-order valence-electron chi connectivity index (χ3n) is 4.34. The molecule has 0 atom stereocenters. The largest absolute Gasteiger partial charge is 0.289 e. The molecule has 0 aliphatic heterocycles. The maximum Gasteiger partial charge on any atom is 0.206 e. The average molecular weight is 334 g/mol. The van der Waals surface area contributed by atoms with E-state index in [1.165, 1.54) is 6.07 Å². The van der Waals surface area contributed by atoms with Gasteiger partial charge in [-0.1, -0.05) is 48.0 Å². The number of hydrogen-bond donors (Lipinski definition) is 0. The Morgan fingerprint density at radius 3 is 1.96 bits per heavy atom. The lowest BCUT2D eigenvalue weighted by Gasteiger charge is -2.07.